The van der Waals surface area contributed by atoms with Crippen molar-refractivity contribution in [3.8, 4) is 0 Å². The van der Waals surface area contributed by atoms with E-state index in [0.29, 0.717) is 0 Å². The van der Waals surface area contributed by atoms with Gasteiger partial charge in [-0.3, -0.25) is 0 Å². The summed E-state index contributed by atoms with van der Waals surface area (Å²) in [6, 6.07) is 18.0. The molecule has 0 unspecified atom stereocenters. The lowest BCUT2D eigenvalue weighted by molar-refractivity contribution is 0.977. The molecule has 0 saturated heterocycles. The van der Waals surface area contributed by atoms with Crippen LogP contribution in [0.1, 0.15) is 11.1 Å². The van der Waals surface area contributed by atoms with Gasteiger partial charge < -0.3 is 0 Å². The maximum absolute atomic E-state index is 2.42. The summed E-state index contributed by atoms with van der Waals surface area (Å²) >= 11 is 0. The Labute approximate surface area is 98.6 Å². The second kappa shape index (κ2) is 3.91. The maximum atomic E-state index is 2.42. The average Bonchev–Trinajstić information content (AvgIpc) is 2.49. The topological polar surface area (TPSA) is 0 Å². The first-order valence-electron chi connectivity index (χ1n) is 5.86. The van der Waals surface area contributed by atoms with Gasteiger partial charge in [0.05, 0.1) is 0 Å². The van der Waals surface area contributed by atoms with Gasteiger partial charge in [-0.05, 0) is 24.0 Å². The van der Waals surface area contributed by atoms with E-state index < -0.39 is 8.80 Å². The highest BCUT2D eigenvalue weighted by Crippen LogP contribution is 2.11. The first kappa shape index (κ1) is 9.85. The van der Waals surface area contributed by atoms with Crippen LogP contribution < -0.4 is 10.4 Å². The Hall–Kier alpha value is -1.34. The normalized spacial score (nSPS) is 15.1. The Bertz CT molecular complexity index is 469. The third-order valence-electron chi connectivity index (χ3n) is 3.51. The molecule has 0 atom stereocenters. The van der Waals surface area contributed by atoms with E-state index in [1.54, 1.807) is 21.5 Å². The van der Waals surface area contributed by atoms with Crippen molar-refractivity contribution in [3.63, 3.8) is 0 Å². The molecule has 3 rings (SSSR count). The summed E-state index contributed by atoms with van der Waals surface area (Å²) in [4.78, 5) is 0. The van der Waals surface area contributed by atoms with Gasteiger partial charge >= 0.3 is 0 Å². The van der Waals surface area contributed by atoms with Crippen molar-refractivity contribution in [2.24, 2.45) is 0 Å². The maximum Gasteiger partial charge on any atom is 0.118 e. The summed E-state index contributed by atoms with van der Waals surface area (Å²) in [6.45, 7) is 2.42. The molecule has 2 aromatic rings. The number of aryl methyl sites for hydroxylation is 2. The molecule has 0 amide bonds. The molecule has 1 aliphatic heterocycles. The molecule has 1 radical (unpaired) electrons. The van der Waals surface area contributed by atoms with E-state index in [4.69, 9.17) is 0 Å². The van der Waals surface area contributed by atoms with Crippen LogP contribution in [-0.4, -0.2) is 8.80 Å². The van der Waals surface area contributed by atoms with E-state index in [9.17, 15) is 0 Å². The predicted molar refractivity (Wildman–Crippen MR) is 71.2 cm³/mol. The van der Waals surface area contributed by atoms with Crippen molar-refractivity contribution < 1.29 is 0 Å². The van der Waals surface area contributed by atoms with Gasteiger partial charge in [0.2, 0.25) is 0 Å². The summed E-state index contributed by atoms with van der Waals surface area (Å²) in [5.74, 6) is 0. The summed E-state index contributed by atoms with van der Waals surface area (Å²) in [7, 11) is -0.542. The van der Waals surface area contributed by atoms with E-state index in [0.717, 1.165) is 0 Å². The van der Waals surface area contributed by atoms with Gasteiger partial charge in [0.25, 0.3) is 0 Å². The second-order valence-corrected chi connectivity index (χ2v) is 6.77. The highest BCUT2D eigenvalue weighted by Gasteiger charge is 2.20. The zero-order valence-electron chi connectivity index (χ0n) is 9.53. The monoisotopic (exact) mass is 223 g/mol. The van der Waals surface area contributed by atoms with Crippen LogP contribution in [0.4, 0.5) is 0 Å². The molecular weight excluding hydrogens is 208 g/mol. The smallest absolute Gasteiger partial charge is 0.0628 e. The molecular formula is C15H15Si. The van der Waals surface area contributed by atoms with Crippen LogP contribution in [0.5, 0.6) is 0 Å². The van der Waals surface area contributed by atoms with Crippen molar-refractivity contribution >= 4 is 19.2 Å². The lowest BCUT2D eigenvalue weighted by Crippen LogP contribution is -2.40. The predicted octanol–water partition coefficient (Wildman–Crippen LogP) is 2.02. The SMILES string of the molecule is C[Si]1c2ccccc2CCc2ccccc21. The minimum atomic E-state index is -0.542. The number of hydrogen-bond donors (Lipinski definition) is 0. The molecule has 0 aliphatic carbocycles. The van der Waals surface area contributed by atoms with Crippen LogP contribution in [0.2, 0.25) is 6.55 Å². The second-order valence-electron chi connectivity index (χ2n) is 4.44. The molecule has 0 fully saturated rings. The summed E-state index contributed by atoms with van der Waals surface area (Å²) in [5, 5.41) is 3.22. The van der Waals surface area contributed by atoms with Gasteiger partial charge in [-0.25, -0.2) is 0 Å². The largest absolute Gasteiger partial charge is 0.118 e. The molecule has 1 aliphatic rings. The Kier molecular flexibility index (Phi) is 2.41. The quantitative estimate of drug-likeness (QED) is 0.600. The minimum Gasteiger partial charge on any atom is -0.0628 e. The molecule has 0 nitrogen and oxygen atoms in total. The summed E-state index contributed by atoms with van der Waals surface area (Å²) in [6.07, 6.45) is 2.41. The van der Waals surface area contributed by atoms with E-state index >= 15 is 0 Å². The van der Waals surface area contributed by atoms with E-state index in [1.165, 1.54) is 12.8 Å². The molecule has 16 heavy (non-hydrogen) atoms. The first-order chi connectivity index (χ1) is 7.86. The minimum absolute atomic E-state index is 0.542. The van der Waals surface area contributed by atoms with Crippen molar-refractivity contribution in [1.82, 2.24) is 0 Å². The molecule has 0 bridgehead atoms. The molecule has 0 aromatic heterocycles. The standard InChI is InChI=1S/C15H15Si/c1-16-14-8-4-2-6-12(14)10-11-13-7-3-5-9-15(13)16/h2-9H,10-11H2,1H3. The molecule has 1 heterocycles. The van der Waals surface area contributed by atoms with Crippen molar-refractivity contribution in [3.05, 3.63) is 59.7 Å². The van der Waals surface area contributed by atoms with Crippen LogP contribution in [0.25, 0.3) is 0 Å². The van der Waals surface area contributed by atoms with Crippen LogP contribution in [-0.2, 0) is 12.8 Å². The lowest BCUT2D eigenvalue weighted by Gasteiger charge is -2.12. The van der Waals surface area contributed by atoms with Crippen molar-refractivity contribution in [1.29, 1.82) is 0 Å². The van der Waals surface area contributed by atoms with Gasteiger partial charge in [0.15, 0.2) is 0 Å². The van der Waals surface area contributed by atoms with Crippen LogP contribution in [0.3, 0.4) is 0 Å². The molecule has 0 N–H and O–H groups in total. The fourth-order valence-corrected chi connectivity index (χ4v) is 4.99. The fourth-order valence-electron chi connectivity index (χ4n) is 2.62. The van der Waals surface area contributed by atoms with E-state index in [2.05, 4.69) is 55.1 Å². The molecule has 79 valence electrons. The van der Waals surface area contributed by atoms with Crippen molar-refractivity contribution in [2.45, 2.75) is 19.4 Å². The van der Waals surface area contributed by atoms with E-state index in [-0.39, 0.29) is 0 Å². The van der Waals surface area contributed by atoms with E-state index in [1.807, 2.05) is 0 Å². The van der Waals surface area contributed by atoms with Crippen molar-refractivity contribution in [2.75, 3.05) is 0 Å². The summed E-state index contributed by atoms with van der Waals surface area (Å²) in [5.41, 5.74) is 3.13. The Balaban J connectivity index is 2.18. The van der Waals surface area contributed by atoms with Gasteiger partial charge in [-0.15, -0.1) is 0 Å². The van der Waals surface area contributed by atoms with Crippen LogP contribution in [0.15, 0.2) is 48.5 Å². The highest BCUT2D eigenvalue weighted by atomic mass is 28.3. The Morgan fingerprint density at radius 3 is 1.69 bits per heavy atom. The summed E-state index contributed by atoms with van der Waals surface area (Å²) < 4.78 is 0. The first-order valence-corrected chi connectivity index (χ1v) is 7.86. The Morgan fingerprint density at radius 1 is 0.750 bits per heavy atom. The fraction of sp³-hybridized carbons (Fsp3) is 0.200. The lowest BCUT2D eigenvalue weighted by atomic mass is 10.0. The molecule has 0 spiro atoms. The van der Waals surface area contributed by atoms with Gasteiger partial charge in [0.1, 0.15) is 8.80 Å². The zero-order valence-corrected chi connectivity index (χ0v) is 10.5. The van der Waals surface area contributed by atoms with Gasteiger partial charge in [-0.2, -0.15) is 0 Å². The third kappa shape index (κ3) is 1.52. The van der Waals surface area contributed by atoms with Gasteiger partial charge in [-0.1, -0.05) is 65.5 Å². The number of benzene rings is 2. The molecule has 1 heteroatoms. The third-order valence-corrected chi connectivity index (χ3v) is 6.10. The average molecular weight is 223 g/mol. The number of fused-ring (bicyclic) bond motifs is 2. The Morgan fingerprint density at radius 2 is 1.19 bits per heavy atom. The number of hydrogen-bond acceptors (Lipinski definition) is 0. The molecule has 0 saturated carbocycles. The number of rotatable bonds is 0. The van der Waals surface area contributed by atoms with Crippen LogP contribution in [0, 0.1) is 0 Å². The van der Waals surface area contributed by atoms with Crippen LogP contribution >= 0.6 is 0 Å². The zero-order chi connectivity index (χ0) is 11.0. The highest BCUT2D eigenvalue weighted by molar-refractivity contribution is 6.84. The van der Waals surface area contributed by atoms with Gasteiger partial charge in [0, 0.05) is 0 Å². The molecule has 2 aromatic carbocycles.